The third kappa shape index (κ3) is 8.16. The number of nitriles is 2. The van der Waals surface area contributed by atoms with E-state index in [4.69, 9.17) is 4.74 Å². The molecule has 4 unspecified atom stereocenters. The summed E-state index contributed by atoms with van der Waals surface area (Å²) >= 11 is 0. The number of aromatic amines is 3. The number of hydrogen-bond donors (Lipinski definition) is 7. The number of aryl methyl sites for hydroxylation is 1. The molecule has 18 heteroatoms. The zero-order valence-electron chi connectivity index (χ0n) is 34.5. The van der Waals surface area contributed by atoms with Crippen molar-refractivity contribution in [2.45, 2.75) is 81.5 Å². The Labute approximate surface area is 360 Å². The SMILES string of the molecule is COc1cccc2[nH]c(C(=O)N[C@@H](CC3CC3C3CC3C[C@@H](C(=O)N[C@H](C#N)C[C@@H]3CCNC3=O)n3ccc4[nH]cnc4c3=O)C(=O)N[C@@]3(C#N)CCc4cc[nH]c(=O)c4C3)cc12. The molecule has 5 aromatic rings. The number of methoxy groups -OCH3 is 1. The van der Waals surface area contributed by atoms with Crippen molar-refractivity contribution in [3.05, 3.63) is 92.6 Å². The van der Waals surface area contributed by atoms with Crippen molar-refractivity contribution in [3.63, 3.8) is 0 Å². The van der Waals surface area contributed by atoms with Gasteiger partial charge >= 0.3 is 0 Å². The number of H-pyrrole nitrogens is 3. The number of nitrogens with zero attached hydrogens (tertiary/aromatic N) is 4. The maximum absolute atomic E-state index is 14.3. The summed E-state index contributed by atoms with van der Waals surface area (Å²) in [5, 5.41) is 32.6. The van der Waals surface area contributed by atoms with Crippen molar-refractivity contribution in [1.82, 2.24) is 45.8 Å². The van der Waals surface area contributed by atoms with Gasteiger partial charge in [-0.1, -0.05) is 6.07 Å². The minimum atomic E-state index is -1.36. The number of pyridine rings is 2. The fraction of sp³-hybridized carbons (Fsp3) is 0.444. The van der Waals surface area contributed by atoms with Gasteiger partial charge in [0.2, 0.25) is 17.7 Å². The molecule has 2 saturated carbocycles. The molecule has 324 valence electrons. The van der Waals surface area contributed by atoms with Gasteiger partial charge in [0.15, 0.2) is 5.52 Å². The number of imidazole rings is 1. The highest BCUT2D eigenvalue weighted by Gasteiger charge is 2.55. The van der Waals surface area contributed by atoms with Gasteiger partial charge in [0.05, 0.1) is 31.1 Å². The molecular formula is C45H47N11O7. The van der Waals surface area contributed by atoms with E-state index >= 15 is 0 Å². The Kier molecular flexibility index (Phi) is 10.8. The Morgan fingerprint density at radius 2 is 1.81 bits per heavy atom. The first-order valence-corrected chi connectivity index (χ1v) is 21.4. The molecule has 5 heterocycles. The summed E-state index contributed by atoms with van der Waals surface area (Å²) in [6, 6.07) is 12.0. The highest BCUT2D eigenvalue weighted by molar-refractivity contribution is 6.01. The maximum atomic E-state index is 14.3. The van der Waals surface area contributed by atoms with E-state index in [9.17, 15) is 39.3 Å². The van der Waals surface area contributed by atoms with E-state index in [1.54, 1.807) is 43.8 Å². The summed E-state index contributed by atoms with van der Waals surface area (Å²) in [5.41, 5.74) is 0.779. The number of hydrogen-bond acceptors (Lipinski definition) is 10. The van der Waals surface area contributed by atoms with Crippen LogP contribution in [0.4, 0.5) is 0 Å². The van der Waals surface area contributed by atoms with Crippen LogP contribution in [-0.2, 0) is 27.2 Å². The van der Waals surface area contributed by atoms with Crippen LogP contribution >= 0.6 is 0 Å². The first kappa shape index (κ1) is 41.2. The Morgan fingerprint density at radius 3 is 2.56 bits per heavy atom. The predicted octanol–water partition coefficient (Wildman–Crippen LogP) is 2.40. The van der Waals surface area contributed by atoms with Crippen LogP contribution in [0.25, 0.3) is 21.9 Å². The van der Waals surface area contributed by atoms with Gasteiger partial charge in [0.25, 0.3) is 17.0 Å². The lowest BCUT2D eigenvalue weighted by atomic mass is 9.79. The van der Waals surface area contributed by atoms with Crippen molar-refractivity contribution >= 4 is 45.6 Å². The van der Waals surface area contributed by atoms with Crippen LogP contribution in [0.3, 0.4) is 0 Å². The van der Waals surface area contributed by atoms with Gasteiger partial charge in [-0.15, -0.1) is 0 Å². The van der Waals surface area contributed by atoms with Crippen molar-refractivity contribution in [3.8, 4) is 17.9 Å². The number of amides is 4. The molecule has 0 bridgehead atoms. The molecular weight excluding hydrogens is 807 g/mol. The second kappa shape index (κ2) is 16.6. The number of rotatable bonds is 15. The third-order valence-corrected chi connectivity index (χ3v) is 13.6. The van der Waals surface area contributed by atoms with E-state index in [0.29, 0.717) is 60.0 Å². The van der Waals surface area contributed by atoms with Gasteiger partial charge in [0, 0.05) is 47.7 Å². The van der Waals surface area contributed by atoms with Crippen molar-refractivity contribution < 1.29 is 23.9 Å². The summed E-state index contributed by atoms with van der Waals surface area (Å²) in [7, 11) is 1.54. The lowest BCUT2D eigenvalue weighted by Crippen LogP contribution is -2.57. The molecule has 9 rings (SSSR count). The van der Waals surface area contributed by atoms with Crippen LogP contribution in [0.5, 0.6) is 5.75 Å². The number of carbonyl (C=O) groups is 4. The van der Waals surface area contributed by atoms with Crippen molar-refractivity contribution in [1.29, 1.82) is 10.5 Å². The predicted molar refractivity (Wildman–Crippen MR) is 227 cm³/mol. The first-order chi connectivity index (χ1) is 30.5. The third-order valence-electron chi connectivity index (χ3n) is 13.6. The van der Waals surface area contributed by atoms with Crippen LogP contribution < -0.4 is 37.1 Å². The average molecular weight is 854 g/mol. The second-order valence-electron chi connectivity index (χ2n) is 17.5. The first-order valence-electron chi connectivity index (χ1n) is 21.4. The fourth-order valence-corrected chi connectivity index (χ4v) is 9.99. The monoisotopic (exact) mass is 853 g/mol. The van der Waals surface area contributed by atoms with Gasteiger partial charge < -0.3 is 45.5 Å². The molecule has 3 aliphatic carbocycles. The average Bonchev–Trinajstić information content (AvgIpc) is 4.01. The number of aromatic nitrogens is 5. The van der Waals surface area contributed by atoms with Gasteiger partial charge in [0.1, 0.15) is 35.1 Å². The molecule has 4 amide bonds. The molecule has 9 atom stereocenters. The van der Waals surface area contributed by atoms with Crippen LogP contribution in [0.15, 0.2) is 64.7 Å². The van der Waals surface area contributed by atoms with E-state index in [0.717, 1.165) is 18.4 Å². The molecule has 0 radical (unpaired) electrons. The van der Waals surface area contributed by atoms with Gasteiger partial charge in [-0.25, -0.2) is 4.98 Å². The summed E-state index contributed by atoms with van der Waals surface area (Å²) in [6.07, 6.45) is 8.14. The summed E-state index contributed by atoms with van der Waals surface area (Å²) in [6.45, 7) is 0.512. The lowest BCUT2D eigenvalue weighted by Gasteiger charge is -2.34. The minimum Gasteiger partial charge on any atom is -0.496 e. The Hall–Kier alpha value is -7.21. The molecule has 63 heavy (non-hydrogen) atoms. The van der Waals surface area contributed by atoms with E-state index in [1.807, 2.05) is 12.1 Å². The van der Waals surface area contributed by atoms with E-state index < -0.39 is 52.9 Å². The van der Waals surface area contributed by atoms with E-state index in [-0.39, 0.29) is 65.6 Å². The number of fused-ring (bicyclic) bond motifs is 3. The largest absolute Gasteiger partial charge is 0.496 e. The zero-order chi connectivity index (χ0) is 44.0. The molecule has 0 spiro atoms. The quantitative estimate of drug-likeness (QED) is 0.0808. The lowest BCUT2D eigenvalue weighted by molar-refractivity contribution is -0.126. The van der Waals surface area contributed by atoms with Crippen molar-refractivity contribution in [2.24, 2.45) is 29.6 Å². The second-order valence-corrected chi connectivity index (χ2v) is 17.5. The smallest absolute Gasteiger partial charge is 0.279 e. The fourth-order valence-electron chi connectivity index (χ4n) is 9.99. The van der Waals surface area contributed by atoms with Gasteiger partial charge in [-0.3, -0.25) is 28.8 Å². The number of benzene rings is 1. The van der Waals surface area contributed by atoms with E-state index in [1.165, 1.54) is 10.9 Å². The standard InChI is InChI=1S/C45H47N11O7/c1-63-37-4-2-3-32-30(37)18-35(53-32)41(59)54-34(42(60)55-45(21-47)9-5-23-6-10-49-40(58)31(23)19-45)16-25-14-28(25)29-15-26(29)17-36(56-12-8-33-38(44(56)62)51-22-50-33)43(61)52-27(20-46)13-24-7-11-48-39(24)57/h2-4,6,8,10,12,18,22,24-29,34,36,53H,5,7,9,11,13-17,19H2,1H3,(H,48,57)(H,49,58)(H,50,51)(H,52,61)(H,54,59)(H,55,60)/t24-,25?,26?,27-,28?,29?,34-,36-,45-/m0/s1. The number of nitrogens with one attached hydrogen (secondary N) is 7. The highest BCUT2D eigenvalue weighted by atomic mass is 16.5. The summed E-state index contributed by atoms with van der Waals surface area (Å²) in [5.74, 6) is -1.08. The van der Waals surface area contributed by atoms with Crippen LogP contribution in [0.1, 0.15) is 72.6 Å². The summed E-state index contributed by atoms with van der Waals surface area (Å²) in [4.78, 5) is 93.9. The van der Waals surface area contributed by atoms with Crippen LogP contribution in [0.2, 0.25) is 0 Å². The summed E-state index contributed by atoms with van der Waals surface area (Å²) < 4.78 is 6.85. The van der Waals surface area contributed by atoms with Crippen LogP contribution in [-0.4, -0.2) is 79.4 Å². The molecule has 1 saturated heterocycles. The molecule has 1 aromatic carbocycles. The maximum Gasteiger partial charge on any atom is 0.279 e. The molecule has 1 aliphatic heterocycles. The van der Waals surface area contributed by atoms with Crippen LogP contribution in [0, 0.1) is 52.3 Å². The molecule has 3 fully saturated rings. The number of ether oxygens (including phenoxy) is 1. The normalized spacial score (nSPS) is 24.8. The van der Waals surface area contributed by atoms with Gasteiger partial charge in [-0.05, 0) is 111 Å². The van der Waals surface area contributed by atoms with E-state index in [2.05, 4.69) is 53.3 Å². The number of carbonyl (C=O) groups excluding carboxylic acids is 4. The minimum absolute atomic E-state index is 0.0228. The van der Waals surface area contributed by atoms with Gasteiger partial charge in [-0.2, -0.15) is 10.5 Å². The topological polar surface area (TPSA) is 273 Å². The van der Waals surface area contributed by atoms with Crippen molar-refractivity contribution in [2.75, 3.05) is 13.7 Å². The molecule has 7 N–H and O–H groups in total. The zero-order valence-corrected chi connectivity index (χ0v) is 34.5. The Bertz CT molecular complexity index is 2850. The Balaban J connectivity index is 0.919. The highest BCUT2D eigenvalue weighted by Crippen LogP contribution is 2.61. The Morgan fingerprint density at radius 1 is 1.00 bits per heavy atom. The molecule has 4 aliphatic rings. The molecule has 18 nitrogen and oxygen atoms in total. The molecule has 4 aromatic heterocycles.